The van der Waals surface area contributed by atoms with Gasteiger partial charge in [0.1, 0.15) is 0 Å². The van der Waals surface area contributed by atoms with Crippen LogP contribution in [-0.4, -0.2) is 16.8 Å². The molecule has 136 valence electrons. The Morgan fingerprint density at radius 3 is 1.96 bits per heavy atom. The van der Waals surface area contributed by atoms with Gasteiger partial charge in [-0.3, -0.25) is 4.72 Å². The van der Waals surface area contributed by atoms with E-state index in [0.717, 1.165) is 17.7 Å². The van der Waals surface area contributed by atoms with Crippen molar-refractivity contribution in [1.82, 2.24) is 0 Å². The smallest absolute Gasteiger partial charge is 0.261 e. The fourth-order valence-electron chi connectivity index (χ4n) is 2.44. The average molecular weight is 403 g/mol. The third-order valence-electron chi connectivity index (χ3n) is 3.78. The summed E-state index contributed by atoms with van der Waals surface area (Å²) in [4.78, 5) is -0.221. The molecule has 0 aliphatic heterocycles. The molecule has 0 saturated carbocycles. The maximum Gasteiger partial charge on any atom is 0.261 e. The maximum atomic E-state index is 12.7. The lowest BCUT2D eigenvalue weighted by Gasteiger charge is -2.17. The molecular formula is C16H19ClN2O4S2. The third-order valence-corrected chi connectivity index (χ3v) is 6.42. The Hall–Kier alpha value is -1.61. The molecule has 0 aromatic heterocycles. The van der Waals surface area contributed by atoms with E-state index in [1.54, 1.807) is 12.1 Å². The molecule has 6 nitrogen and oxygen atoms in total. The molecule has 0 bridgehead atoms. The molecule has 0 atom stereocenters. The molecule has 2 aromatic rings. The number of halogens is 1. The predicted octanol–water partition coefficient (Wildman–Crippen LogP) is 2.91. The van der Waals surface area contributed by atoms with Crippen LogP contribution in [0.2, 0.25) is 5.02 Å². The highest BCUT2D eigenvalue weighted by Crippen LogP contribution is 2.31. The van der Waals surface area contributed by atoms with Gasteiger partial charge in [0.2, 0.25) is 10.0 Å². The van der Waals surface area contributed by atoms with Gasteiger partial charge in [-0.05, 0) is 54.3 Å². The van der Waals surface area contributed by atoms with Crippen molar-refractivity contribution >= 4 is 37.3 Å². The van der Waals surface area contributed by atoms with Crippen LogP contribution in [0.1, 0.15) is 25.0 Å². The highest BCUT2D eigenvalue weighted by atomic mass is 35.5. The molecule has 0 amide bonds. The number of benzene rings is 2. The van der Waals surface area contributed by atoms with Crippen LogP contribution in [0.15, 0.2) is 46.2 Å². The van der Waals surface area contributed by atoms with Gasteiger partial charge in [0.05, 0.1) is 15.5 Å². The van der Waals surface area contributed by atoms with E-state index >= 15 is 0 Å². The molecule has 0 aliphatic rings. The molecule has 2 aromatic carbocycles. The monoisotopic (exact) mass is 402 g/mol. The van der Waals surface area contributed by atoms with E-state index < -0.39 is 20.0 Å². The van der Waals surface area contributed by atoms with Gasteiger partial charge in [-0.25, -0.2) is 22.0 Å². The minimum absolute atomic E-state index is 0.0658. The third kappa shape index (κ3) is 4.33. The van der Waals surface area contributed by atoms with Crippen molar-refractivity contribution in [3.63, 3.8) is 0 Å². The number of aryl methyl sites for hydroxylation is 1. The molecule has 0 saturated heterocycles. The number of anilines is 1. The largest absolute Gasteiger partial charge is 0.279 e. The first kappa shape index (κ1) is 19.7. The summed E-state index contributed by atoms with van der Waals surface area (Å²) in [7, 11) is -7.79. The molecule has 0 unspecified atom stereocenters. The number of hydrogen-bond acceptors (Lipinski definition) is 4. The first-order chi connectivity index (χ1) is 11.6. The summed E-state index contributed by atoms with van der Waals surface area (Å²) >= 11 is 6.19. The quantitative estimate of drug-likeness (QED) is 0.774. The van der Waals surface area contributed by atoms with Crippen LogP contribution in [-0.2, 0) is 32.9 Å². The molecule has 3 N–H and O–H groups in total. The van der Waals surface area contributed by atoms with Crippen molar-refractivity contribution < 1.29 is 16.8 Å². The lowest BCUT2D eigenvalue weighted by atomic mass is 10.0. The lowest BCUT2D eigenvalue weighted by Crippen LogP contribution is -2.17. The van der Waals surface area contributed by atoms with Crippen LogP contribution in [0, 0.1) is 0 Å². The van der Waals surface area contributed by atoms with E-state index in [4.69, 9.17) is 16.7 Å². The number of nitrogens with two attached hydrogens (primary N) is 1. The second kappa shape index (κ2) is 7.33. The van der Waals surface area contributed by atoms with Gasteiger partial charge in [0, 0.05) is 5.02 Å². The van der Waals surface area contributed by atoms with Crippen molar-refractivity contribution in [2.75, 3.05) is 4.72 Å². The first-order valence-corrected chi connectivity index (χ1v) is 11.0. The van der Waals surface area contributed by atoms with Crippen molar-refractivity contribution in [2.45, 2.75) is 36.5 Å². The first-order valence-electron chi connectivity index (χ1n) is 7.56. The Morgan fingerprint density at radius 1 is 0.920 bits per heavy atom. The van der Waals surface area contributed by atoms with Gasteiger partial charge < -0.3 is 0 Å². The number of sulfonamides is 2. The fourth-order valence-corrected chi connectivity index (χ4v) is 4.38. The molecular weight excluding hydrogens is 384 g/mol. The summed E-state index contributed by atoms with van der Waals surface area (Å²) in [6.45, 7) is 3.81. The second-order valence-electron chi connectivity index (χ2n) is 5.39. The molecule has 9 heteroatoms. The molecule has 0 fully saturated rings. The Bertz CT molecular complexity index is 986. The van der Waals surface area contributed by atoms with Crippen LogP contribution in [0.4, 0.5) is 5.69 Å². The SMILES string of the molecule is CCc1ccc(Cl)c(CC)c1NS(=O)(=O)c1ccc(S(N)(=O)=O)cc1. The van der Waals surface area contributed by atoms with E-state index in [1.165, 1.54) is 12.1 Å². The van der Waals surface area contributed by atoms with E-state index in [0.29, 0.717) is 29.1 Å². The Labute approximate surface area is 153 Å². The predicted molar refractivity (Wildman–Crippen MR) is 98.8 cm³/mol. The van der Waals surface area contributed by atoms with Crippen molar-refractivity contribution in [3.05, 3.63) is 52.5 Å². The van der Waals surface area contributed by atoms with Crippen LogP contribution >= 0.6 is 11.6 Å². The number of primary sulfonamides is 1. The molecule has 0 radical (unpaired) electrons. The summed E-state index contributed by atoms with van der Waals surface area (Å²) < 4.78 is 50.5. The highest BCUT2D eigenvalue weighted by Gasteiger charge is 2.20. The van der Waals surface area contributed by atoms with Crippen molar-refractivity contribution in [2.24, 2.45) is 5.14 Å². The Balaban J connectivity index is 2.48. The number of rotatable bonds is 6. The minimum atomic E-state index is -3.90. The molecule has 2 rings (SSSR count). The van der Waals surface area contributed by atoms with Crippen LogP contribution in [0.5, 0.6) is 0 Å². The molecule has 25 heavy (non-hydrogen) atoms. The molecule has 0 spiro atoms. The maximum absolute atomic E-state index is 12.7. The number of hydrogen-bond donors (Lipinski definition) is 2. The van der Waals surface area contributed by atoms with Crippen LogP contribution < -0.4 is 9.86 Å². The fraction of sp³-hybridized carbons (Fsp3) is 0.250. The van der Waals surface area contributed by atoms with E-state index in [-0.39, 0.29) is 9.79 Å². The number of nitrogens with one attached hydrogen (secondary N) is 1. The summed E-state index contributed by atoms with van der Waals surface area (Å²) in [5, 5.41) is 5.51. The average Bonchev–Trinajstić information content (AvgIpc) is 2.54. The summed E-state index contributed by atoms with van der Waals surface area (Å²) in [6, 6.07) is 8.24. The topological polar surface area (TPSA) is 106 Å². The molecule has 0 heterocycles. The van der Waals surface area contributed by atoms with E-state index in [1.807, 2.05) is 13.8 Å². The molecule has 0 aliphatic carbocycles. The van der Waals surface area contributed by atoms with Crippen molar-refractivity contribution in [1.29, 1.82) is 0 Å². The van der Waals surface area contributed by atoms with Crippen molar-refractivity contribution in [3.8, 4) is 0 Å². The zero-order valence-corrected chi connectivity index (χ0v) is 16.2. The van der Waals surface area contributed by atoms with E-state index in [2.05, 4.69) is 4.72 Å². The highest BCUT2D eigenvalue weighted by molar-refractivity contribution is 7.92. The summed E-state index contributed by atoms with van der Waals surface area (Å²) in [6.07, 6.45) is 1.20. The Kier molecular flexibility index (Phi) is 5.78. The normalized spacial score (nSPS) is 12.2. The summed E-state index contributed by atoms with van der Waals surface area (Å²) in [5.41, 5.74) is 2.00. The van der Waals surface area contributed by atoms with Gasteiger partial charge in [-0.2, -0.15) is 0 Å². The second-order valence-corrected chi connectivity index (χ2v) is 9.04. The van der Waals surface area contributed by atoms with E-state index in [9.17, 15) is 16.8 Å². The van der Waals surface area contributed by atoms with Gasteiger partial charge in [-0.15, -0.1) is 0 Å². The standard InChI is InChI=1S/C16H19ClN2O4S2/c1-3-11-5-10-15(17)14(4-2)16(11)19-25(22,23)13-8-6-12(7-9-13)24(18,20)21/h5-10,19H,3-4H2,1-2H3,(H2,18,20,21). The Morgan fingerprint density at radius 2 is 1.48 bits per heavy atom. The lowest BCUT2D eigenvalue weighted by molar-refractivity contribution is 0.595. The van der Waals surface area contributed by atoms with Crippen LogP contribution in [0.25, 0.3) is 0 Å². The zero-order valence-electron chi connectivity index (χ0n) is 13.8. The van der Waals surface area contributed by atoms with Gasteiger partial charge in [0.25, 0.3) is 10.0 Å². The van der Waals surface area contributed by atoms with Crippen LogP contribution in [0.3, 0.4) is 0 Å². The minimum Gasteiger partial charge on any atom is -0.279 e. The zero-order chi connectivity index (χ0) is 18.8. The van der Waals surface area contributed by atoms with Gasteiger partial charge in [-0.1, -0.05) is 31.5 Å². The van der Waals surface area contributed by atoms with Gasteiger partial charge >= 0.3 is 0 Å². The summed E-state index contributed by atoms with van der Waals surface area (Å²) in [5.74, 6) is 0. The van der Waals surface area contributed by atoms with Gasteiger partial charge in [0.15, 0.2) is 0 Å².